The largest absolute Gasteiger partial charge is 0.370 e. The topological polar surface area (TPSA) is 63.3 Å². The molecule has 2 rings (SSSR count). The first-order valence-electron chi connectivity index (χ1n) is 6.93. The van der Waals surface area contributed by atoms with Crippen LogP contribution in [0.1, 0.15) is 38.5 Å². The molecule has 1 fully saturated rings. The van der Waals surface area contributed by atoms with E-state index in [0.29, 0.717) is 12.0 Å². The van der Waals surface area contributed by atoms with Crippen molar-refractivity contribution in [3.05, 3.63) is 11.6 Å². The molecule has 0 spiro atoms. The molecule has 114 valence electrons. The van der Waals surface area contributed by atoms with E-state index in [-0.39, 0.29) is 24.0 Å². The van der Waals surface area contributed by atoms with Gasteiger partial charge < -0.3 is 11.1 Å². The highest BCUT2D eigenvalue weighted by Crippen LogP contribution is 2.20. The van der Waals surface area contributed by atoms with Gasteiger partial charge in [-0.3, -0.25) is 4.99 Å². The summed E-state index contributed by atoms with van der Waals surface area (Å²) >= 11 is 3.48. The SMILES string of the molecule is I.NC(=NCCCSc1nccs1)NC1CCCCC1. The summed E-state index contributed by atoms with van der Waals surface area (Å²) < 4.78 is 1.14. The second kappa shape index (κ2) is 10.7. The van der Waals surface area contributed by atoms with E-state index < -0.39 is 0 Å². The predicted octanol–water partition coefficient (Wildman–Crippen LogP) is 3.48. The standard InChI is InChI=1S/C13H22N4S2.HI/c14-12(17-11-5-2-1-3-6-11)15-7-4-9-18-13-16-8-10-19-13;/h8,10-11H,1-7,9H2,(H3,14,15,17);1H. The highest BCUT2D eigenvalue weighted by atomic mass is 127. The third-order valence-corrected chi connectivity index (χ3v) is 5.23. The number of aromatic nitrogens is 1. The van der Waals surface area contributed by atoms with Crippen LogP contribution in [0.3, 0.4) is 0 Å². The van der Waals surface area contributed by atoms with Gasteiger partial charge in [0, 0.05) is 29.9 Å². The van der Waals surface area contributed by atoms with Crippen LogP contribution in [0.25, 0.3) is 0 Å². The fourth-order valence-electron chi connectivity index (χ4n) is 2.21. The van der Waals surface area contributed by atoms with E-state index in [2.05, 4.69) is 15.3 Å². The zero-order valence-electron chi connectivity index (χ0n) is 11.6. The van der Waals surface area contributed by atoms with E-state index in [0.717, 1.165) is 23.1 Å². The van der Waals surface area contributed by atoms with Crippen LogP contribution >= 0.6 is 47.1 Å². The Labute approximate surface area is 146 Å². The number of thioether (sulfide) groups is 1. The molecule has 0 saturated heterocycles. The predicted molar refractivity (Wildman–Crippen MR) is 99.4 cm³/mol. The quantitative estimate of drug-likeness (QED) is 0.240. The first-order valence-corrected chi connectivity index (χ1v) is 8.80. The van der Waals surface area contributed by atoms with Crippen LogP contribution in [0.4, 0.5) is 0 Å². The summed E-state index contributed by atoms with van der Waals surface area (Å²) in [6.45, 7) is 0.796. The van der Waals surface area contributed by atoms with Crippen molar-refractivity contribution in [3.8, 4) is 0 Å². The van der Waals surface area contributed by atoms with Gasteiger partial charge in [0.2, 0.25) is 0 Å². The molecule has 0 amide bonds. The zero-order valence-corrected chi connectivity index (χ0v) is 15.5. The van der Waals surface area contributed by atoms with Gasteiger partial charge in [-0.2, -0.15) is 0 Å². The van der Waals surface area contributed by atoms with E-state index in [9.17, 15) is 0 Å². The van der Waals surface area contributed by atoms with Crippen LogP contribution in [0.2, 0.25) is 0 Å². The molecule has 0 unspecified atom stereocenters. The molecule has 0 aliphatic heterocycles. The Morgan fingerprint density at radius 2 is 2.25 bits per heavy atom. The number of nitrogens with two attached hydrogens (primary N) is 1. The summed E-state index contributed by atoms with van der Waals surface area (Å²) in [4.78, 5) is 8.63. The first-order chi connectivity index (χ1) is 9.34. The van der Waals surface area contributed by atoms with Gasteiger partial charge in [-0.05, 0) is 19.3 Å². The van der Waals surface area contributed by atoms with Crippen LogP contribution < -0.4 is 11.1 Å². The number of nitrogens with one attached hydrogen (secondary N) is 1. The lowest BCUT2D eigenvalue weighted by Crippen LogP contribution is -2.41. The summed E-state index contributed by atoms with van der Waals surface area (Å²) in [6.07, 6.45) is 9.34. The molecule has 1 aliphatic rings. The average Bonchev–Trinajstić information content (AvgIpc) is 2.92. The highest BCUT2D eigenvalue weighted by molar-refractivity contribution is 14.0. The van der Waals surface area contributed by atoms with Crippen molar-refractivity contribution >= 4 is 53.0 Å². The molecule has 4 nitrogen and oxygen atoms in total. The minimum absolute atomic E-state index is 0. The molecule has 0 bridgehead atoms. The Morgan fingerprint density at radius 1 is 1.45 bits per heavy atom. The Kier molecular flexibility index (Phi) is 9.62. The molecule has 1 aromatic heterocycles. The smallest absolute Gasteiger partial charge is 0.188 e. The minimum Gasteiger partial charge on any atom is -0.370 e. The maximum absolute atomic E-state index is 5.90. The van der Waals surface area contributed by atoms with Crippen molar-refractivity contribution in [1.29, 1.82) is 0 Å². The van der Waals surface area contributed by atoms with Gasteiger partial charge in [0.05, 0.1) is 0 Å². The maximum Gasteiger partial charge on any atom is 0.188 e. The van der Waals surface area contributed by atoms with Crippen molar-refractivity contribution in [3.63, 3.8) is 0 Å². The molecule has 0 radical (unpaired) electrons. The maximum atomic E-state index is 5.90. The summed E-state index contributed by atoms with van der Waals surface area (Å²) in [5, 5.41) is 5.34. The average molecular weight is 426 g/mol. The minimum atomic E-state index is 0. The van der Waals surface area contributed by atoms with Crippen LogP contribution in [-0.2, 0) is 0 Å². The Balaban J connectivity index is 0.00000200. The third-order valence-electron chi connectivity index (χ3n) is 3.18. The first kappa shape index (κ1) is 18.0. The van der Waals surface area contributed by atoms with Crippen LogP contribution in [0.15, 0.2) is 20.9 Å². The molecular weight excluding hydrogens is 403 g/mol. The second-order valence-electron chi connectivity index (χ2n) is 4.75. The van der Waals surface area contributed by atoms with Crippen molar-refractivity contribution < 1.29 is 0 Å². The fraction of sp³-hybridized carbons (Fsp3) is 0.692. The number of thiazole rings is 1. The Hall–Kier alpha value is -0.0200. The number of hydrogen-bond acceptors (Lipinski definition) is 4. The lowest BCUT2D eigenvalue weighted by atomic mass is 9.96. The van der Waals surface area contributed by atoms with Crippen molar-refractivity contribution in [2.45, 2.75) is 48.9 Å². The van der Waals surface area contributed by atoms with Crippen LogP contribution in [0.5, 0.6) is 0 Å². The Bertz CT molecular complexity index is 378. The normalized spacial score (nSPS) is 16.7. The number of halogens is 1. The fourth-order valence-corrected chi connectivity index (χ4v) is 3.84. The Morgan fingerprint density at radius 3 is 2.95 bits per heavy atom. The van der Waals surface area contributed by atoms with Gasteiger partial charge in [-0.25, -0.2) is 4.98 Å². The van der Waals surface area contributed by atoms with Crippen molar-refractivity contribution in [2.75, 3.05) is 12.3 Å². The molecule has 1 aromatic rings. The van der Waals surface area contributed by atoms with Gasteiger partial charge in [-0.15, -0.1) is 35.3 Å². The molecule has 0 aromatic carbocycles. The second-order valence-corrected chi connectivity index (χ2v) is 6.98. The molecule has 7 heteroatoms. The number of rotatable bonds is 6. The van der Waals surface area contributed by atoms with Gasteiger partial charge >= 0.3 is 0 Å². The van der Waals surface area contributed by atoms with Crippen molar-refractivity contribution in [2.24, 2.45) is 10.7 Å². The summed E-state index contributed by atoms with van der Waals surface area (Å²) in [7, 11) is 0. The van der Waals surface area contributed by atoms with E-state index in [1.165, 1.54) is 32.1 Å². The third kappa shape index (κ3) is 7.12. The molecule has 3 N–H and O–H groups in total. The molecule has 0 atom stereocenters. The molecular formula is C13H23IN4S2. The lowest BCUT2D eigenvalue weighted by Gasteiger charge is -2.23. The van der Waals surface area contributed by atoms with Gasteiger partial charge in [0.15, 0.2) is 5.96 Å². The van der Waals surface area contributed by atoms with Crippen LogP contribution in [0, 0.1) is 0 Å². The van der Waals surface area contributed by atoms with E-state index in [4.69, 9.17) is 5.73 Å². The lowest BCUT2D eigenvalue weighted by molar-refractivity contribution is 0.412. The van der Waals surface area contributed by atoms with Gasteiger partial charge in [0.25, 0.3) is 0 Å². The summed E-state index contributed by atoms with van der Waals surface area (Å²) in [5.74, 6) is 1.67. The number of aliphatic imine (C=N–C) groups is 1. The van der Waals surface area contributed by atoms with Gasteiger partial charge in [0.1, 0.15) is 4.34 Å². The number of guanidine groups is 1. The molecule has 1 aliphatic carbocycles. The zero-order chi connectivity index (χ0) is 13.3. The number of nitrogens with zero attached hydrogens (tertiary/aromatic N) is 2. The monoisotopic (exact) mass is 426 g/mol. The highest BCUT2D eigenvalue weighted by Gasteiger charge is 2.12. The van der Waals surface area contributed by atoms with Crippen LogP contribution in [-0.4, -0.2) is 29.3 Å². The van der Waals surface area contributed by atoms with E-state index in [1.807, 2.05) is 11.6 Å². The summed E-state index contributed by atoms with van der Waals surface area (Å²) in [5.41, 5.74) is 5.90. The van der Waals surface area contributed by atoms with Crippen molar-refractivity contribution in [1.82, 2.24) is 10.3 Å². The van der Waals surface area contributed by atoms with Gasteiger partial charge in [-0.1, -0.05) is 31.0 Å². The number of hydrogen-bond donors (Lipinski definition) is 2. The van der Waals surface area contributed by atoms with E-state index >= 15 is 0 Å². The molecule has 1 heterocycles. The summed E-state index contributed by atoms with van der Waals surface area (Å²) in [6, 6.07) is 0.544. The van der Waals surface area contributed by atoms with E-state index in [1.54, 1.807) is 23.1 Å². The molecule has 1 saturated carbocycles. The molecule has 20 heavy (non-hydrogen) atoms.